The quantitative estimate of drug-likeness (QED) is 0.807. The van der Waals surface area contributed by atoms with Gasteiger partial charge in [0, 0.05) is 42.6 Å². The Kier molecular flexibility index (Phi) is 5.88. The molecule has 0 saturated carbocycles. The van der Waals surface area contributed by atoms with Crippen LogP contribution in [0.3, 0.4) is 0 Å². The van der Waals surface area contributed by atoms with Gasteiger partial charge in [0.1, 0.15) is 4.21 Å². The summed E-state index contributed by atoms with van der Waals surface area (Å²) in [6.45, 7) is 4.93. The molecule has 0 aromatic carbocycles. The number of aliphatic hydroxyl groups is 1. The molecule has 0 aliphatic carbocycles. The maximum Gasteiger partial charge on any atom is 0.250 e. The van der Waals surface area contributed by atoms with Crippen molar-refractivity contribution < 1.29 is 13.5 Å². The summed E-state index contributed by atoms with van der Waals surface area (Å²) >= 11 is 3.07. The predicted octanol–water partition coefficient (Wildman–Crippen LogP) is 0.876. The molecule has 1 aromatic rings. The minimum absolute atomic E-state index is 0.114. The molecule has 20 heavy (non-hydrogen) atoms. The summed E-state index contributed by atoms with van der Waals surface area (Å²) in [6, 6.07) is 1.62. The zero-order chi connectivity index (χ0) is 14.6. The molecule has 8 heteroatoms. The molecule has 0 atom stereocenters. The van der Waals surface area contributed by atoms with Crippen molar-refractivity contribution in [2.24, 2.45) is 0 Å². The molecule has 1 aromatic heterocycles. The van der Waals surface area contributed by atoms with Crippen LogP contribution in [0.1, 0.15) is 10.4 Å². The third-order valence-corrected chi connectivity index (χ3v) is 7.33. The first-order chi connectivity index (χ1) is 9.53. The third-order valence-electron chi connectivity index (χ3n) is 3.23. The third kappa shape index (κ3) is 4.19. The standard InChI is InChI=1S/C12H20N2O3S3/c1-10-8-12(19-11(10)9-15)20(16,17)13-2-3-14-4-6-18-7-5-14/h8,13,15H,2-7,9H2,1H3. The van der Waals surface area contributed by atoms with Crippen LogP contribution < -0.4 is 4.72 Å². The van der Waals surface area contributed by atoms with Gasteiger partial charge in [0.05, 0.1) is 6.61 Å². The van der Waals surface area contributed by atoms with Crippen LogP contribution in [-0.4, -0.2) is 56.1 Å². The van der Waals surface area contributed by atoms with Crippen molar-refractivity contribution in [3.8, 4) is 0 Å². The number of rotatable bonds is 6. The first-order valence-corrected chi connectivity index (χ1v) is 9.98. The Hall–Kier alpha value is -0.120. The van der Waals surface area contributed by atoms with E-state index >= 15 is 0 Å². The van der Waals surface area contributed by atoms with Crippen molar-refractivity contribution in [3.63, 3.8) is 0 Å². The monoisotopic (exact) mass is 336 g/mol. The van der Waals surface area contributed by atoms with Gasteiger partial charge in [0.2, 0.25) is 10.0 Å². The van der Waals surface area contributed by atoms with Crippen LogP contribution in [0.2, 0.25) is 0 Å². The molecule has 2 rings (SSSR count). The Morgan fingerprint density at radius 1 is 1.40 bits per heavy atom. The van der Waals surface area contributed by atoms with Gasteiger partial charge >= 0.3 is 0 Å². The van der Waals surface area contributed by atoms with Crippen LogP contribution in [0.5, 0.6) is 0 Å². The van der Waals surface area contributed by atoms with Gasteiger partial charge in [-0.2, -0.15) is 11.8 Å². The molecule has 114 valence electrons. The van der Waals surface area contributed by atoms with E-state index in [9.17, 15) is 8.42 Å². The van der Waals surface area contributed by atoms with Crippen molar-refractivity contribution in [3.05, 3.63) is 16.5 Å². The molecule has 2 heterocycles. The number of aliphatic hydroxyl groups excluding tert-OH is 1. The van der Waals surface area contributed by atoms with Crippen molar-refractivity contribution in [2.75, 3.05) is 37.7 Å². The van der Waals surface area contributed by atoms with Crippen LogP contribution in [-0.2, 0) is 16.6 Å². The van der Waals surface area contributed by atoms with E-state index in [4.69, 9.17) is 5.11 Å². The van der Waals surface area contributed by atoms with Crippen molar-refractivity contribution in [2.45, 2.75) is 17.7 Å². The van der Waals surface area contributed by atoms with Crippen LogP contribution in [0.15, 0.2) is 10.3 Å². The normalized spacial score (nSPS) is 17.5. The summed E-state index contributed by atoms with van der Waals surface area (Å²) in [5.74, 6) is 2.24. The molecular formula is C12H20N2O3S3. The molecule has 0 radical (unpaired) electrons. The van der Waals surface area contributed by atoms with Gasteiger partial charge in [-0.05, 0) is 18.6 Å². The van der Waals surface area contributed by atoms with E-state index in [0.29, 0.717) is 11.4 Å². The zero-order valence-corrected chi connectivity index (χ0v) is 13.9. The number of hydrogen-bond acceptors (Lipinski definition) is 6. The minimum Gasteiger partial charge on any atom is -0.391 e. The number of sulfonamides is 1. The Balaban J connectivity index is 1.89. The molecule has 1 saturated heterocycles. The van der Waals surface area contributed by atoms with Gasteiger partial charge in [0.25, 0.3) is 0 Å². The van der Waals surface area contributed by atoms with Gasteiger partial charge in [-0.3, -0.25) is 0 Å². The number of thiophene rings is 1. The maximum atomic E-state index is 12.2. The largest absolute Gasteiger partial charge is 0.391 e. The fourth-order valence-corrected chi connectivity index (χ4v) is 5.51. The van der Waals surface area contributed by atoms with E-state index in [-0.39, 0.29) is 10.8 Å². The maximum absolute atomic E-state index is 12.2. The van der Waals surface area contributed by atoms with E-state index < -0.39 is 10.0 Å². The summed E-state index contributed by atoms with van der Waals surface area (Å²) in [7, 11) is -3.45. The average molecular weight is 337 g/mol. The number of nitrogens with zero attached hydrogens (tertiary/aromatic N) is 1. The molecule has 1 aliphatic rings. The number of hydrogen-bond donors (Lipinski definition) is 2. The summed E-state index contributed by atoms with van der Waals surface area (Å²) in [5, 5.41) is 9.13. The molecule has 1 aliphatic heterocycles. The smallest absolute Gasteiger partial charge is 0.250 e. The van der Waals surface area contributed by atoms with E-state index in [0.717, 1.165) is 48.0 Å². The molecule has 0 amide bonds. The molecule has 2 N–H and O–H groups in total. The van der Waals surface area contributed by atoms with Crippen molar-refractivity contribution >= 4 is 33.1 Å². The number of nitrogens with one attached hydrogen (secondary N) is 1. The highest BCUT2D eigenvalue weighted by Gasteiger charge is 2.19. The second-order valence-corrected chi connectivity index (χ2v) is 9.04. The summed E-state index contributed by atoms with van der Waals surface area (Å²) in [5.41, 5.74) is 0.825. The molecule has 5 nitrogen and oxygen atoms in total. The van der Waals surface area contributed by atoms with Crippen LogP contribution >= 0.6 is 23.1 Å². The van der Waals surface area contributed by atoms with Crippen LogP contribution in [0.25, 0.3) is 0 Å². The van der Waals surface area contributed by atoms with Gasteiger partial charge in [-0.25, -0.2) is 13.1 Å². The second kappa shape index (κ2) is 7.24. The van der Waals surface area contributed by atoms with Gasteiger partial charge in [-0.1, -0.05) is 0 Å². The predicted molar refractivity (Wildman–Crippen MR) is 83.9 cm³/mol. The molecular weight excluding hydrogens is 316 g/mol. The Morgan fingerprint density at radius 3 is 2.70 bits per heavy atom. The Morgan fingerprint density at radius 2 is 2.10 bits per heavy atom. The van der Waals surface area contributed by atoms with Gasteiger partial charge in [0.15, 0.2) is 0 Å². The van der Waals surface area contributed by atoms with Gasteiger partial charge in [-0.15, -0.1) is 11.3 Å². The summed E-state index contributed by atoms with van der Waals surface area (Å²) in [6.07, 6.45) is 0. The second-order valence-electron chi connectivity index (χ2n) is 4.68. The highest BCUT2D eigenvalue weighted by atomic mass is 32.2. The topological polar surface area (TPSA) is 69.6 Å². The van der Waals surface area contributed by atoms with Crippen LogP contribution in [0, 0.1) is 6.92 Å². The minimum atomic E-state index is -3.45. The lowest BCUT2D eigenvalue weighted by Crippen LogP contribution is -2.39. The fourth-order valence-electron chi connectivity index (χ4n) is 2.01. The highest BCUT2D eigenvalue weighted by molar-refractivity contribution is 7.99. The van der Waals surface area contributed by atoms with E-state index in [1.54, 1.807) is 6.07 Å². The van der Waals surface area contributed by atoms with Crippen molar-refractivity contribution in [1.29, 1.82) is 0 Å². The lowest BCUT2D eigenvalue weighted by Gasteiger charge is -2.25. The lowest BCUT2D eigenvalue weighted by atomic mass is 10.3. The number of aryl methyl sites for hydroxylation is 1. The molecule has 0 unspecified atom stereocenters. The molecule has 0 bridgehead atoms. The van der Waals surface area contributed by atoms with E-state index in [1.807, 2.05) is 18.7 Å². The van der Waals surface area contributed by atoms with Crippen LogP contribution in [0.4, 0.5) is 0 Å². The first kappa shape index (κ1) is 16.3. The number of thioether (sulfide) groups is 1. The molecule has 0 spiro atoms. The Bertz CT molecular complexity index is 536. The fraction of sp³-hybridized carbons (Fsp3) is 0.667. The SMILES string of the molecule is Cc1cc(S(=O)(=O)NCCN2CCSCC2)sc1CO. The Labute approximate surface area is 128 Å². The van der Waals surface area contributed by atoms with Crippen molar-refractivity contribution in [1.82, 2.24) is 9.62 Å². The summed E-state index contributed by atoms with van der Waals surface area (Å²) < 4.78 is 27.2. The average Bonchev–Trinajstić information content (AvgIpc) is 2.82. The molecule has 1 fully saturated rings. The van der Waals surface area contributed by atoms with E-state index in [1.165, 1.54) is 0 Å². The van der Waals surface area contributed by atoms with Gasteiger partial charge < -0.3 is 10.0 Å². The highest BCUT2D eigenvalue weighted by Crippen LogP contribution is 2.25. The lowest BCUT2D eigenvalue weighted by molar-refractivity contribution is 0.285. The first-order valence-electron chi connectivity index (χ1n) is 6.53. The summed E-state index contributed by atoms with van der Waals surface area (Å²) in [4.78, 5) is 2.98. The zero-order valence-electron chi connectivity index (χ0n) is 11.5. The van der Waals surface area contributed by atoms with E-state index in [2.05, 4.69) is 9.62 Å².